The van der Waals surface area contributed by atoms with Crippen molar-refractivity contribution in [3.05, 3.63) is 0 Å². The number of rotatable bonds is 9. The van der Waals surface area contributed by atoms with E-state index < -0.39 is 21.8 Å². The molecule has 0 fully saturated rings. The molecule has 10 heteroatoms. The van der Waals surface area contributed by atoms with E-state index in [1.54, 1.807) is 0 Å². The molecule has 0 amide bonds. The first-order valence-electron chi connectivity index (χ1n) is 4.92. The predicted molar refractivity (Wildman–Crippen MR) is 55.6 cm³/mol. The topological polar surface area (TPSA) is 127 Å². The molecular weight excluding hydrogens is 293 g/mol. The van der Waals surface area contributed by atoms with Gasteiger partial charge in [0.2, 0.25) is 0 Å². The molecule has 0 aliphatic carbocycles. The molecule has 0 aromatic rings. The van der Waals surface area contributed by atoms with E-state index in [2.05, 4.69) is 4.74 Å². The normalized spacial score (nSPS) is 11.1. The molecule has 0 aromatic heterocycles. The van der Waals surface area contributed by atoms with Gasteiger partial charge in [-0.05, 0) is 6.42 Å². The molecule has 0 aliphatic rings. The molecule has 2 N–H and O–H groups in total. The maximum atomic E-state index is 11.1. The zero-order chi connectivity index (χ0) is 13.3. The summed E-state index contributed by atoms with van der Waals surface area (Å²) < 4.78 is 35.3. The van der Waals surface area contributed by atoms with Crippen LogP contribution in [0.3, 0.4) is 0 Å². The summed E-state index contributed by atoms with van der Waals surface area (Å²) in [6, 6.07) is 0. The molecular formula is C8H16KNO7S. The van der Waals surface area contributed by atoms with Crippen LogP contribution in [-0.4, -0.2) is 66.4 Å². The van der Waals surface area contributed by atoms with Crippen LogP contribution in [0, 0.1) is 0 Å². The molecule has 0 aromatic carbocycles. The quantitative estimate of drug-likeness (QED) is 0.143. The Hall–Kier alpha value is 0.896. The zero-order valence-electron chi connectivity index (χ0n) is 10.2. The minimum atomic E-state index is -4.27. The van der Waals surface area contributed by atoms with Gasteiger partial charge in [-0.2, -0.15) is 0 Å². The third-order valence-electron chi connectivity index (χ3n) is 1.83. The molecule has 0 radical (unpaired) electrons. The minimum absolute atomic E-state index is 0. The van der Waals surface area contributed by atoms with Crippen LogP contribution in [0.5, 0.6) is 0 Å². The van der Waals surface area contributed by atoms with Crippen molar-refractivity contribution in [1.82, 2.24) is 4.90 Å². The maximum Gasteiger partial charge on any atom is 1.00 e. The zero-order valence-corrected chi connectivity index (χ0v) is 14.2. The molecule has 0 unspecified atom stereocenters. The summed E-state index contributed by atoms with van der Waals surface area (Å²) in [6.45, 7) is -0.763. The van der Waals surface area contributed by atoms with Gasteiger partial charge in [0.05, 0.1) is 36.6 Å². The molecule has 0 aliphatic heterocycles. The van der Waals surface area contributed by atoms with Crippen LogP contribution >= 0.6 is 0 Å². The van der Waals surface area contributed by atoms with Crippen molar-refractivity contribution in [2.75, 3.05) is 32.4 Å². The van der Waals surface area contributed by atoms with E-state index in [0.29, 0.717) is 0 Å². The molecule has 0 atom stereocenters. The fourth-order valence-electron chi connectivity index (χ4n) is 0.929. The van der Waals surface area contributed by atoms with Crippen LogP contribution in [0.1, 0.15) is 12.8 Å². The Morgan fingerprint density at radius 3 is 2.28 bits per heavy atom. The van der Waals surface area contributed by atoms with Crippen molar-refractivity contribution in [1.29, 1.82) is 0 Å². The monoisotopic (exact) mass is 309 g/mol. The predicted octanol–water partition coefficient (Wildman–Crippen LogP) is -4.94. The van der Waals surface area contributed by atoms with Gasteiger partial charge in [0.25, 0.3) is 0 Å². The summed E-state index contributed by atoms with van der Waals surface area (Å²) in [5, 5.41) is 17.3. The first-order chi connectivity index (χ1) is 7.89. The number of carbonyl (C=O) groups excluding carboxylic acids is 1. The van der Waals surface area contributed by atoms with Gasteiger partial charge in [-0.15, -0.1) is 0 Å². The molecule has 102 valence electrons. The summed E-state index contributed by atoms with van der Waals surface area (Å²) in [4.78, 5) is 12.3. The second-order valence-corrected chi connectivity index (χ2v) is 4.79. The van der Waals surface area contributed by atoms with Gasteiger partial charge in [-0.3, -0.25) is 9.69 Å². The second kappa shape index (κ2) is 11.7. The first kappa shape index (κ1) is 21.2. The van der Waals surface area contributed by atoms with Crippen LogP contribution in [0.4, 0.5) is 0 Å². The fourth-order valence-corrected chi connectivity index (χ4v) is 1.40. The number of nitrogens with zero attached hydrogens (tertiary/aromatic N) is 1. The van der Waals surface area contributed by atoms with Crippen LogP contribution in [-0.2, 0) is 19.6 Å². The Kier molecular flexibility index (Phi) is 13.8. The summed E-state index contributed by atoms with van der Waals surface area (Å²) in [5.74, 6) is -1.15. The summed E-state index contributed by atoms with van der Waals surface area (Å²) in [6.07, 6.45) is -0.0769. The van der Waals surface area contributed by atoms with Gasteiger partial charge in [-0.25, -0.2) is 8.42 Å². The van der Waals surface area contributed by atoms with E-state index in [4.69, 9.17) is 10.2 Å². The Morgan fingerprint density at radius 2 is 1.83 bits per heavy atom. The molecule has 0 rings (SSSR count). The van der Waals surface area contributed by atoms with Crippen molar-refractivity contribution < 1.29 is 84.1 Å². The molecule has 18 heavy (non-hydrogen) atoms. The average molecular weight is 309 g/mol. The standard InChI is InChI=1S/C8H17NO7S.K/c10-6-9(7-11)3-2-8(12)16-4-1-5-17(13,14)15;/h10-11H,1-7H2,(H,13,14,15);/q;+1/p-1. The van der Waals surface area contributed by atoms with Crippen molar-refractivity contribution in [2.24, 2.45) is 0 Å². The average Bonchev–Trinajstić information content (AvgIpc) is 2.24. The minimum Gasteiger partial charge on any atom is -0.748 e. The van der Waals surface area contributed by atoms with Gasteiger partial charge >= 0.3 is 57.4 Å². The van der Waals surface area contributed by atoms with Gasteiger partial charge in [-0.1, -0.05) is 0 Å². The summed E-state index contributed by atoms with van der Waals surface area (Å²) >= 11 is 0. The number of hydrogen-bond acceptors (Lipinski definition) is 8. The largest absolute Gasteiger partial charge is 1.00 e. The van der Waals surface area contributed by atoms with E-state index in [1.165, 1.54) is 4.90 Å². The number of aliphatic hydroxyl groups excluding tert-OH is 2. The maximum absolute atomic E-state index is 11.1. The Balaban J connectivity index is 0. The number of ether oxygens (including phenoxy) is 1. The molecule has 0 heterocycles. The third kappa shape index (κ3) is 13.3. The van der Waals surface area contributed by atoms with Crippen LogP contribution < -0.4 is 51.4 Å². The molecule has 0 saturated heterocycles. The van der Waals surface area contributed by atoms with E-state index in [1.807, 2.05) is 0 Å². The van der Waals surface area contributed by atoms with Gasteiger partial charge in [0, 0.05) is 12.3 Å². The van der Waals surface area contributed by atoms with E-state index in [9.17, 15) is 17.8 Å². The van der Waals surface area contributed by atoms with Crippen molar-refractivity contribution in [3.63, 3.8) is 0 Å². The first-order valence-corrected chi connectivity index (χ1v) is 6.50. The van der Waals surface area contributed by atoms with E-state index in [0.717, 1.165) is 0 Å². The molecule has 0 saturated carbocycles. The van der Waals surface area contributed by atoms with Crippen molar-refractivity contribution in [3.8, 4) is 0 Å². The molecule has 0 bridgehead atoms. The van der Waals surface area contributed by atoms with Crippen LogP contribution in [0.15, 0.2) is 0 Å². The Bertz CT molecular complexity index is 317. The number of aliphatic hydroxyl groups is 2. The van der Waals surface area contributed by atoms with Crippen molar-refractivity contribution in [2.45, 2.75) is 12.8 Å². The van der Waals surface area contributed by atoms with Gasteiger partial charge in [0.15, 0.2) is 0 Å². The Labute approximate surface area is 148 Å². The summed E-state index contributed by atoms with van der Waals surface area (Å²) in [5.41, 5.74) is 0. The third-order valence-corrected chi connectivity index (χ3v) is 2.62. The molecule has 8 nitrogen and oxygen atoms in total. The molecule has 0 spiro atoms. The van der Waals surface area contributed by atoms with Gasteiger partial charge in [0.1, 0.15) is 0 Å². The van der Waals surface area contributed by atoms with E-state index >= 15 is 0 Å². The van der Waals surface area contributed by atoms with Gasteiger partial charge < -0.3 is 19.5 Å². The van der Waals surface area contributed by atoms with Crippen molar-refractivity contribution >= 4 is 16.1 Å². The van der Waals surface area contributed by atoms with Crippen LogP contribution in [0.25, 0.3) is 0 Å². The number of carbonyl (C=O) groups is 1. The fraction of sp³-hybridized carbons (Fsp3) is 0.875. The van der Waals surface area contributed by atoms with Crippen LogP contribution in [0.2, 0.25) is 0 Å². The smallest absolute Gasteiger partial charge is 0.748 e. The number of hydrogen-bond donors (Lipinski definition) is 2. The number of esters is 1. The SMILES string of the molecule is O=C(CCN(CO)CO)OCCCS(=O)(=O)[O-].[K+]. The van der Waals surface area contributed by atoms with E-state index in [-0.39, 0.29) is 90.8 Å². The summed E-state index contributed by atoms with van der Waals surface area (Å²) in [7, 11) is -4.27. The second-order valence-electron chi connectivity index (χ2n) is 3.26. The Morgan fingerprint density at radius 1 is 1.28 bits per heavy atom.